The molecule has 2 N–H and O–H groups in total. The van der Waals surface area contributed by atoms with E-state index in [9.17, 15) is 4.79 Å². The molecule has 0 saturated heterocycles. The molecule has 0 aliphatic rings. The molecule has 1 aromatic carbocycles. The molecule has 0 radical (unpaired) electrons. The SMILES string of the molecule is C=CCN(CCO)Cc1ccccc1NC(C)=O. The van der Waals surface area contributed by atoms with Crippen molar-refractivity contribution >= 4 is 11.6 Å². The van der Waals surface area contributed by atoms with Gasteiger partial charge in [0, 0.05) is 32.2 Å². The van der Waals surface area contributed by atoms with Gasteiger partial charge >= 0.3 is 0 Å². The third-order valence-electron chi connectivity index (χ3n) is 2.53. The number of aliphatic hydroxyl groups is 1. The predicted molar refractivity (Wildman–Crippen MR) is 73.3 cm³/mol. The van der Waals surface area contributed by atoms with Crippen LogP contribution in [0.15, 0.2) is 36.9 Å². The summed E-state index contributed by atoms with van der Waals surface area (Å²) in [6.45, 7) is 7.26. The number of anilines is 1. The quantitative estimate of drug-likeness (QED) is 0.721. The average Bonchev–Trinajstić information content (AvgIpc) is 2.31. The number of aliphatic hydroxyl groups excluding tert-OH is 1. The zero-order chi connectivity index (χ0) is 13.4. The first-order valence-corrected chi connectivity index (χ1v) is 5.97. The van der Waals surface area contributed by atoms with Crippen molar-refractivity contribution < 1.29 is 9.90 Å². The van der Waals surface area contributed by atoms with Crippen LogP contribution in [-0.2, 0) is 11.3 Å². The summed E-state index contributed by atoms with van der Waals surface area (Å²) in [5.74, 6) is -0.0834. The lowest BCUT2D eigenvalue weighted by Crippen LogP contribution is -2.27. The first-order chi connectivity index (χ1) is 8.67. The van der Waals surface area contributed by atoms with E-state index in [0.29, 0.717) is 19.6 Å². The van der Waals surface area contributed by atoms with Gasteiger partial charge in [0.2, 0.25) is 5.91 Å². The van der Waals surface area contributed by atoms with E-state index in [1.54, 1.807) is 6.08 Å². The van der Waals surface area contributed by atoms with Gasteiger partial charge in [0.15, 0.2) is 0 Å². The van der Waals surface area contributed by atoms with Crippen LogP contribution >= 0.6 is 0 Å². The Morgan fingerprint density at radius 3 is 2.83 bits per heavy atom. The molecule has 0 atom stereocenters. The van der Waals surface area contributed by atoms with Crippen molar-refractivity contribution in [3.63, 3.8) is 0 Å². The Hall–Kier alpha value is -1.65. The number of hydrogen-bond donors (Lipinski definition) is 2. The Morgan fingerprint density at radius 1 is 1.50 bits per heavy atom. The van der Waals surface area contributed by atoms with E-state index in [1.807, 2.05) is 24.3 Å². The zero-order valence-corrected chi connectivity index (χ0v) is 10.7. The summed E-state index contributed by atoms with van der Waals surface area (Å²) in [6, 6.07) is 7.67. The number of hydrogen-bond acceptors (Lipinski definition) is 3. The minimum atomic E-state index is -0.0834. The second kappa shape index (κ2) is 7.63. The van der Waals surface area contributed by atoms with Crippen molar-refractivity contribution in [1.82, 2.24) is 4.90 Å². The molecule has 1 amide bonds. The van der Waals surface area contributed by atoms with Crippen LogP contribution in [0.25, 0.3) is 0 Å². The third-order valence-corrected chi connectivity index (χ3v) is 2.53. The summed E-state index contributed by atoms with van der Waals surface area (Å²) in [6.07, 6.45) is 1.80. The van der Waals surface area contributed by atoms with Crippen molar-refractivity contribution in [2.24, 2.45) is 0 Å². The van der Waals surface area contributed by atoms with Crippen LogP contribution in [0.3, 0.4) is 0 Å². The van der Waals surface area contributed by atoms with E-state index >= 15 is 0 Å². The number of para-hydroxylation sites is 1. The lowest BCUT2D eigenvalue weighted by molar-refractivity contribution is -0.114. The molecule has 0 saturated carbocycles. The molecule has 0 spiro atoms. The van der Waals surface area contributed by atoms with Crippen molar-refractivity contribution in [2.45, 2.75) is 13.5 Å². The van der Waals surface area contributed by atoms with E-state index in [0.717, 1.165) is 11.3 Å². The molecule has 4 nitrogen and oxygen atoms in total. The van der Waals surface area contributed by atoms with E-state index in [4.69, 9.17) is 5.11 Å². The standard InChI is InChI=1S/C14H20N2O2/c1-3-8-16(9-10-17)11-13-6-4-5-7-14(13)15-12(2)18/h3-7,17H,1,8-11H2,2H3,(H,15,18). The summed E-state index contributed by atoms with van der Waals surface area (Å²) in [5, 5.41) is 11.8. The summed E-state index contributed by atoms with van der Waals surface area (Å²) < 4.78 is 0. The van der Waals surface area contributed by atoms with Crippen LogP contribution in [0, 0.1) is 0 Å². The third kappa shape index (κ3) is 4.69. The molecule has 4 heteroatoms. The molecular formula is C14H20N2O2. The minimum Gasteiger partial charge on any atom is -0.395 e. The Morgan fingerprint density at radius 2 is 2.22 bits per heavy atom. The molecule has 0 aliphatic carbocycles. The molecule has 1 aromatic rings. The van der Waals surface area contributed by atoms with Gasteiger partial charge in [-0.15, -0.1) is 6.58 Å². The van der Waals surface area contributed by atoms with Gasteiger partial charge in [-0.3, -0.25) is 9.69 Å². The number of carbonyl (C=O) groups excluding carboxylic acids is 1. The predicted octanol–water partition coefficient (Wildman–Crippen LogP) is 1.63. The smallest absolute Gasteiger partial charge is 0.221 e. The Labute approximate surface area is 108 Å². The van der Waals surface area contributed by atoms with E-state index in [-0.39, 0.29) is 12.5 Å². The molecule has 0 fully saturated rings. The fraction of sp³-hybridized carbons (Fsp3) is 0.357. The lowest BCUT2D eigenvalue weighted by atomic mass is 10.1. The summed E-state index contributed by atoms with van der Waals surface area (Å²) in [7, 11) is 0. The maximum atomic E-state index is 11.1. The highest BCUT2D eigenvalue weighted by atomic mass is 16.3. The molecular weight excluding hydrogens is 228 g/mol. The largest absolute Gasteiger partial charge is 0.395 e. The zero-order valence-electron chi connectivity index (χ0n) is 10.7. The molecule has 0 aromatic heterocycles. The molecule has 0 bridgehead atoms. The number of amides is 1. The summed E-state index contributed by atoms with van der Waals surface area (Å²) >= 11 is 0. The van der Waals surface area contributed by atoms with E-state index < -0.39 is 0 Å². The van der Waals surface area contributed by atoms with Crippen molar-refractivity contribution in [3.8, 4) is 0 Å². The minimum absolute atomic E-state index is 0.0834. The molecule has 1 rings (SSSR count). The second-order valence-corrected chi connectivity index (χ2v) is 4.09. The number of carbonyl (C=O) groups is 1. The number of nitrogens with zero attached hydrogens (tertiary/aromatic N) is 1. The van der Waals surface area contributed by atoms with Gasteiger partial charge in [0.25, 0.3) is 0 Å². The summed E-state index contributed by atoms with van der Waals surface area (Å²) in [5.41, 5.74) is 1.85. The van der Waals surface area contributed by atoms with Gasteiger partial charge in [-0.1, -0.05) is 24.3 Å². The number of benzene rings is 1. The molecule has 0 unspecified atom stereocenters. The van der Waals surface area contributed by atoms with Gasteiger partial charge in [-0.25, -0.2) is 0 Å². The second-order valence-electron chi connectivity index (χ2n) is 4.09. The van der Waals surface area contributed by atoms with E-state index in [2.05, 4.69) is 16.8 Å². The van der Waals surface area contributed by atoms with Crippen LogP contribution in [0.4, 0.5) is 5.69 Å². The first-order valence-electron chi connectivity index (χ1n) is 5.97. The maximum Gasteiger partial charge on any atom is 0.221 e. The maximum absolute atomic E-state index is 11.1. The normalized spacial score (nSPS) is 10.4. The van der Waals surface area contributed by atoms with Crippen LogP contribution in [0.5, 0.6) is 0 Å². The van der Waals surface area contributed by atoms with Crippen LogP contribution < -0.4 is 5.32 Å². The Kier molecular flexibility index (Phi) is 6.11. The van der Waals surface area contributed by atoms with Crippen LogP contribution in [0.2, 0.25) is 0 Å². The lowest BCUT2D eigenvalue weighted by Gasteiger charge is -2.21. The van der Waals surface area contributed by atoms with Gasteiger partial charge in [-0.05, 0) is 11.6 Å². The topological polar surface area (TPSA) is 52.6 Å². The average molecular weight is 248 g/mol. The van der Waals surface area contributed by atoms with E-state index in [1.165, 1.54) is 6.92 Å². The Bertz CT molecular complexity index is 405. The van der Waals surface area contributed by atoms with Crippen molar-refractivity contribution in [3.05, 3.63) is 42.5 Å². The highest BCUT2D eigenvalue weighted by Crippen LogP contribution is 2.17. The molecule has 98 valence electrons. The monoisotopic (exact) mass is 248 g/mol. The summed E-state index contributed by atoms with van der Waals surface area (Å²) in [4.78, 5) is 13.2. The van der Waals surface area contributed by atoms with Crippen LogP contribution in [0.1, 0.15) is 12.5 Å². The molecule has 0 aliphatic heterocycles. The van der Waals surface area contributed by atoms with Gasteiger partial charge in [0.05, 0.1) is 6.61 Å². The molecule has 18 heavy (non-hydrogen) atoms. The fourth-order valence-corrected chi connectivity index (χ4v) is 1.77. The van der Waals surface area contributed by atoms with Crippen molar-refractivity contribution in [2.75, 3.05) is 25.0 Å². The fourth-order valence-electron chi connectivity index (χ4n) is 1.77. The van der Waals surface area contributed by atoms with Gasteiger partial charge in [0.1, 0.15) is 0 Å². The van der Waals surface area contributed by atoms with Crippen LogP contribution in [-0.4, -0.2) is 35.6 Å². The number of rotatable bonds is 7. The number of nitrogens with one attached hydrogen (secondary N) is 1. The highest BCUT2D eigenvalue weighted by Gasteiger charge is 2.08. The van der Waals surface area contributed by atoms with Crippen molar-refractivity contribution in [1.29, 1.82) is 0 Å². The Balaban J connectivity index is 2.80. The first kappa shape index (κ1) is 14.4. The highest BCUT2D eigenvalue weighted by molar-refractivity contribution is 5.89. The molecule has 0 heterocycles. The van der Waals surface area contributed by atoms with Gasteiger partial charge in [-0.2, -0.15) is 0 Å². The van der Waals surface area contributed by atoms with Gasteiger partial charge < -0.3 is 10.4 Å².